The highest BCUT2D eigenvalue weighted by Crippen LogP contribution is 2.11. The van der Waals surface area contributed by atoms with E-state index in [9.17, 15) is 14.0 Å². The van der Waals surface area contributed by atoms with Crippen LogP contribution in [0.1, 0.15) is 6.42 Å². The number of alkyl halides is 1. The first-order valence-electron chi connectivity index (χ1n) is 2.77. The molecule has 1 aliphatic heterocycles. The fourth-order valence-corrected chi connectivity index (χ4v) is 0.834. The molecule has 5 heteroatoms. The summed E-state index contributed by atoms with van der Waals surface area (Å²) in [6.45, 7) is 0. The monoisotopic (exact) mass is 147 g/mol. The Labute approximate surface area is 56.0 Å². The Bertz CT molecular complexity index is 182. The molecule has 0 aliphatic carbocycles. The van der Waals surface area contributed by atoms with Crippen LogP contribution in [0.25, 0.3) is 0 Å². The van der Waals surface area contributed by atoms with Gasteiger partial charge in [-0.1, -0.05) is 0 Å². The molecular formula is C5H6FNO3. The summed E-state index contributed by atoms with van der Waals surface area (Å²) in [6.07, 6.45) is -1.92. The number of nitrogens with one attached hydrogen (secondary N) is 1. The first-order valence-corrected chi connectivity index (χ1v) is 2.77. The molecule has 56 valence electrons. The summed E-state index contributed by atoms with van der Waals surface area (Å²) in [5.74, 6) is -1.86. The molecule has 0 radical (unpaired) electrons. The average Bonchev–Trinajstić information content (AvgIpc) is 2.10. The smallest absolute Gasteiger partial charge is 0.329 e. The highest BCUT2D eigenvalue weighted by Gasteiger charge is 2.37. The van der Waals surface area contributed by atoms with Crippen LogP contribution in [0.5, 0.6) is 0 Å². The van der Waals surface area contributed by atoms with Gasteiger partial charge in [-0.25, -0.2) is 9.18 Å². The third-order valence-electron chi connectivity index (χ3n) is 1.32. The maximum absolute atomic E-state index is 12.4. The van der Waals surface area contributed by atoms with Gasteiger partial charge in [-0.3, -0.25) is 4.79 Å². The Morgan fingerprint density at radius 2 is 2.40 bits per heavy atom. The number of carbonyl (C=O) groups excluding carboxylic acids is 1. The van der Waals surface area contributed by atoms with E-state index in [0.717, 1.165) is 0 Å². The predicted octanol–water partition coefficient (Wildman–Crippen LogP) is -0.702. The highest BCUT2D eigenvalue weighted by atomic mass is 19.1. The van der Waals surface area contributed by atoms with Crippen LogP contribution in [0.4, 0.5) is 4.39 Å². The number of rotatable bonds is 1. The normalized spacial score (nSPS) is 31.9. The van der Waals surface area contributed by atoms with Gasteiger partial charge >= 0.3 is 5.97 Å². The molecule has 10 heavy (non-hydrogen) atoms. The lowest BCUT2D eigenvalue weighted by molar-refractivity contribution is -0.141. The van der Waals surface area contributed by atoms with Crippen molar-refractivity contribution >= 4 is 11.9 Å². The van der Waals surface area contributed by atoms with Crippen molar-refractivity contribution in [2.75, 3.05) is 0 Å². The van der Waals surface area contributed by atoms with Gasteiger partial charge in [-0.2, -0.15) is 0 Å². The fraction of sp³-hybridized carbons (Fsp3) is 0.600. The largest absolute Gasteiger partial charge is 0.480 e. The van der Waals surface area contributed by atoms with Crippen molar-refractivity contribution in [1.29, 1.82) is 0 Å². The molecule has 0 aromatic carbocycles. The molecule has 1 rings (SSSR count). The molecule has 0 aromatic rings. The van der Waals surface area contributed by atoms with Crippen LogP contribution in [-0.4, -0.2) is 29.2 Å². The molecule has 0 unspecified atom stereocenters. The number of hydrogen-bond donors (Lipinski definition) is 2. The fourth-order valence-electron chi connectivity index (χ4n) is 0.834. The topological polar surface area (TPSA) is 66.4 Å². The summed E-state index contributed by atoms with van der Waals surface area (Å²) >= 11 is 0. The lowest BCUT2D eigenvalue weighted by atomic mass is 10.2. The van der Waals surface area contributed by atoms with Gasteiger partial charge < -0.3 is 10.4 Å². The Balaban J connectivity index is 2.63. The quantitative estimate of drug-likeness (QED) is 0.515. The molecule has 0 aromatic heterocycles. The lowest BCUT2D eigenvalue weighted by Crippen LogP contribution is -2.37. The zero-order valence-corrected chi connectivity index (χ0v) is 5.00. The van der Waals surface area contributed by atoms with Crippen LogP contribution in [-0.2, 0) is 9.59 Å². The predicted molar refractivity (Wildman–Crippen MR) is 29.1 cm³/mol. The van der Waals surface area contributed by atoms with Gasteiger partial charge in [0.15, 0.2) is 6.04 Å². The van der Waals surface area contributed by atoms with Crippen LogP contribution in [0.15, 0.2) is 0 Å². The Morgan fingerprint density at radius 1 is 1.80 bits per heavy atom. The van der Waals surface area contributed by atoms with Gasteiger partial charge in [-0.05, 0) is 0 Å². The third kappa shape index (κ3) is 1.07. The van der Waals surface area contributed by atoms with E-state index in [1.165, 1.54) is 0 Å². The van der Waals surface area contributed by atoms with Gasteiger partial charge in [0.25, 0.3) is 0 Å². The summed E-state index contributed by atoms with van der Waals surface area (Å²) in [5.41, 5.74) is 0. The van der Waals surface area contributed by atoms with E-state index in [1.807, 2.05) is 5.32 Å². The van der Waals surface area contributed by atoms with Crippen LogP contribution in [0.3, 0.4) is 0 Å². The lowest BCUT2D eigenvalue weighted by Gasteiger charge is -2.04. The van der Waals surface area contributed by atoms with Crippen LogP contribution in [0.2, 0.25) is 0 Å². The average molecular weight is 147 g/mol. The standard InChI is InChI=1S/C5H6FNO3/c6-2-1-3(8)7-4(2)5(9)10/h2,4H,1H2,(H,7,8)(H,9,10)/t2-,4+/m1/s1. The molecule has 4 nitrogen and oxygen atoms in total. The Morgan fingerprint density at radius 3 is 2.60 bits per heavy atom. The summed E-state index contributed by atoms with van der Waals surface area (Å²) in [7, 11) is 0. The van der Waals surface area contributed by atoms with E-state index < -0.39 is 24.1 Å². The van der Waals surface area contributed by atoms with E-state index in [1.54, 1.807) is 0 Å². The van der Waals surface area contributed by atoms with Crippen molar-refractivity contribution in [2.45, 2.75) is 18.6 Å². The molecule has 1 saturated heterocycles. The number of amides is 1. The minimum Gasteiger partial charge on any atom is -0.480 e. The van der Waals surface area contributed by atoms with E-state index >= 15 is 0 Å². The minimum atomic E-state index is -1.58. The van der Waals surface area contributed by atoms with Crippen LogP contribution < -0.4 is 5.32 Å². The highest BCUT2D eigenvalue weighted by molar-refractivity contribution is 5.88. The molecule has 1 amide bonds. The summed E-state index contributed by atoms with van der Waals surface area (Å²) < 4.78 is 12.4. The van der Waals surface area contributed by atoms with Crippen LogP contribution >= 0.6 is 0 Å². The second-order valence-corrected chi connectivity index (χ2v) is 2.10. The number of aliphatic carboxylic acids is 1. The zero-order chi connectivity index (χ0) is 7.72. The van der Waals surface area contributed by atoms with Gasteiger partial charge in [0, 0.05) is 0 Å². The second-order valence-electron chi connectivity index (χ2n) is 2.10. The number of carbonyl (C=O) groups is 2. The Hall–Kier alpha value is -1.13. The summed E-state index contributed by atoms with van der Waals surface area (Å²) in [5, 5.41) is 10.2. The van der Waals surface area contributed by atoms with Crippen molar-refractivity contribution < 1.29 is 19.1 Å². The van der Waals surface area contributed by atoms with E-state index in [-0.39, 0.29) is 6.42 Å². The van der Waals surface area contributed by atoms with Gasteiger partial charge in [0.2, 0.25) is 5.91 Å². The molecule has 0 bridgehead atoms. The van der Waals surface area contributed by atoms with Gasteiger partial charge in [0.1, 0.15) is 6.17 Å². The van der Waals surface area contributed by atoms with Crippen molar-refractivity contribution in [3.8, 4) is 0 Å². The number of carboxylic acid groups (broad SMARTS) is 1. The number of hydrogen-bond acceptors (Lipinski definition) is 2. The van der Waals surface area contributed by atoms with E-state index in [4.69, 9.17) is 5.11 Å². The van der Waals surface area contributed by atoms with Gasteiger partial charge in [0.05, 0.1) is 6.42 Å². The van der Waals surface area contributed by atoms with Crippen LogP contribution in [0, 0.1) is 0 Å². The second kappa shape index (κ2) is 2.24. The van der Waals surface area contributed by atoms with E-state index in [0.29, 0.717) is 0 Å². The molecular weight excluding hydrogens is 141 g/mol. The molecule has 0 spiro atoms. The number of halogens is 1. The maximum atomic E-state index is 12.4. The maximum Gasteiger partial charge on any atom is 0.329 e. The number of carboxylic acids is 1. The van der Waals surface area contributed by atoms with Gasteiger partial charge in [-0.15, -0.1) is 0 Å². The zero-order valence-electron chi connectivity index (χ0n) is 5.00. The molecule has 0 saturated carbocycles. The third-order valence-corrected chi connectivity index (χ3v) is 1.32. The molecule has 1 fully saturated rings. The van der Waals surface area contributed by atoms with Crippen molar-refractivity contribution in [2.24, 2.45) is 0 Å². The summed E-state index contributed by atoms with van der Waals surface area (Å²) in [4.78, 5) is 20.5. The van der Waals surface area contributed by atoms with Crippen molar-refractivity contribution in [3.63, 3.8) is 0 Å². The molecule has 2 N–H and O–H groups in total. The SMILES string of the molecule is O=C1C[C@@H](F)[C@@H](C(=O)O)N1. The molecule has 1 aliphatic rings. The Kier molecular flexibility index (Phi) is 1.57. The van der Waals surface area contributed by atoms with Crippen molar-refractivity contribution in [1.82, 2.24) is 5.32 Å². The first kappa shape index (κ1) is 6.98. The van der Waals surface area contributed by atoms with Crippen molar-refractivity contribution in [3.05, 3.63) is 0 Å². The summed E-state index contributed by atoms with van der Waals surface area (Å²) in [6, 6.07) is -1.34. The van der Waals surface area contributed by atoms with E-state index in [2.05, 4.69) is 0 Å². The minimum absolute atomic E-state index is 0.336. The first-order chi connectivity index (χ1) is 4.61. The molecule has 1 heterocycles. The molecule has 2 atom stereocenters.